The molecule has 1 aliphatic rings. The van der Waals surface area contributed by atoms with Gasteiger partial charge in [0.05, 0.1) is 5.41 Å². The Labute approximate surface area is 115 Å². The maximum atomic E-state index is 12.3. The van der Waals surface area contributed by atoms with E-state index in [2.05, 4.69) is 13.8 Å². The van der Waals surface area contributed by atoms with Crippen LogP contribution in [0.5, 0.6) is 0 Å². The highest BCUT2D eigenvalue weighted by Gasteiger charge is 2.39. The van der Waals surface area contributed by atoms with Crippen molar-refractivity contribution in [2.75, 3.05) is 26.7 Å². The van der Waals surface area contributed by atoms with E-state index in [-0.39, 0.29) is 6.03 Å². The fraction of sp³-hybridized carbons (Fsp3) is 0.857. The highest BCUT2D eigenvalue weighted by molar-refractivity contribution is 5.78. The highest BCUT2D eigenvalue weighted by Crippen LogP contribution is 2.30. The first-order valence-corrected chi connectivity index (χ1v) is 7.03. The van der Waals surface area contributed by atoms with Crippen molar-refractivity contribution in [1.82, 2.24) is 9.80 Å². The van der Waals surface area contributed by atoms with E-state index in [0.717, 1.165) is 19.4 Å². The second-order valence-corrected chi connectivity index (χ2v) is 6.07. The number of hydrogen-bond acceptors (Lipinski definition) is 2. The Morgan fingerprint density at radius 3 is 2.63 bits per heavy atom. The van der Waals surface area contributed by atoms with Gasteiger partial charge in [-0.1, -0.05) is 20.3 Å². The third kappa shape index (κ3) is 3.85. The zero-order valence-electron chi connectivity index (χ0n) is 12.5. The Morgan fingerprint density at radius 2 is 2.11 bits per heavy atom. The number of rotatable bonds is 4. The normalized spacial score (nSPS) is 24.9. The summed E-state index contributed by atoms with van der Waals surface area (Å²) in [4.78, 5) is 27.0. The van der Waals surface area contributed by atoms with E-state index < -0.39 is 11.4 Å². The van der Waals surface area contributed by atoms with Crippen LogP contribution in [0.1, 0.15) is 40.0 Å². The van der Waals surface area contributed by atoms with E-state index in [1.54, 1.807) is 23.8 Å². The number of aliphatic carboxylic acids is 1. The maximum absolute atomic E-state index is 12.3. The fourth-order valence-electron chi connectivity index (χ4n) is 2.49. The largest absolute Gasteiger partial charge is 0.481 e. The molecule has 0 aliphatic carbocycles. The second-order valence-electron chi connectivity index (χ2n) is 6.07. The van der Waals surface area contributed by atoms with Crippen molar-refractivity contribution in [3.63, 3.8) is 0 Å². The van der Waals surface area contributed by atoms with Crippen molar-refractivity contribution >= 4 is 12.0 Å². The lowest BCUT2D eigenvalue weighted by atomic mass is 9.82. The molecule has 5 heteroatoms. The van der Waals surface area contributed by atoms with Gasteiger partial charge in [-0.15, -0.1) is 0 Å². The molecule has 19 heavy (non-hydrogen) atoms. The van der Waals surface area contributed by atoms with Gasteiger partial charge in [0.15, 0.2) is 0 Å². The number of carboxylic acids is 1. The van der Waals surface area contributed by atoms with Crippen molar-refractivity contribution in [1.29, 1.82) is 0 Å². The Balaban J connectivity index is 2.64. The fourth-order valence-corrected chi connectivity index (χ4v) is 2.49. The third-order valence-electron chi connectivity index (χ3n) is 4.09. The van der Waals surface area contributed by atoms with E-state index >= 15 is 0 Å². The molecule has 0 spiro atoms. The van der Waals surface area contributed by atoms with Gasteiger partial charge in [-0.3, -0.25) is 4.79 Å². The van der Waals surface area contributed by atoms with Crippen LogP contribution in [0.3, 0.4) is 0 Å². The van der Waals surface area contributed by atoms with Crippen molar-refractivity contribution in [2.24, 2.45) is 11.3 Å². The molecule has 1 rings (SSSR count). The van der Waals surface area contributed by atoms with Crippen molar-refractivity contribution in [2.45, 2.75) is 40.0 Å². The highest BCUT2D eigenvalue weighted by atomic mass is 16.4. The van der Waals surface area contributed by atoms with Crippen LogP contribution < -0.4 is 0 Å². The van der Waals surface area contributed by atoms with Gasteiger partial charge < -0.3 is 14.9 Å². The molecule has 1 heterocycles. The van der Waals surface area contributed by atoms with E-state index in [1.165, 1.54) is 0 Å². The standard InChI is InChI=1S/C14H26N2O3/c1-5-11(2)9-15(4)13(19)16-8-6-7-14(3,10-16)12(17)18/h11H,5-10H2,1-4H3,(H,17,18). The molecule has 0 radical (unpaired) electrons. The second kappa shape index (κ2) is 6.26. The van der Waals surface area contributed by atoms with Crippen molar-refractivity contribution < 1.29 is 14.7 Å². The maximum Gasteiger partial charge on any atom is 0.319 e. The van der Waals surface area contributed by atoms with E-state index in [9.17, 15) is 14.7 Å². The monoisotopic (exact) mass is 270 g/mol. The summed E-state index contributed by atoms with van der Waals surface area (Å²) in [5.74, 6) is -0.348. The minimum atomic E-state index is -0.811. The first-order valence-electron chi connectivity index (χ1n) is 7.03. The van der Waals surface area contributed by atoms with Gasteiger partial charge in [-0.05, 0) is 25.7 Å². The molecule has 5 nitrogen and oxygen atoms in total. The van der Waals surface area contributed by atoms with Crippen LogP contribution in [0.4, 0.5) is 4.79 Å². The molecule has 0 bridgehead atoms. The average molecular weight is 270 g/mol. The molecule has 1 saturated heterocycles. The van der Waals surface area contributed by atoms with Crippen molar-refractivity contribution in [3.05, 3.63) is 0 Å². The van der Waals surface area contributed by atoms with Crippen LogP contribution in [0.15, 0.2) is 0 Å². The lowest BCUT2D eigenvalue weighted by molar-refractivity contribution is -0.150. The number of carbonyl (C=O) groups excluding carboxylic acids is 1. The molecule has 0 saturated carbocycles. The minimum absolute atomic E-state index is 0.0486. The number of piperidine rings is 1. The molecule has 110 valence electrons. The number of urea groups is 1. The zero-order chi connectivity index (χ0) is 14.6. The van der Waals surface area contributed by atoms with Gasteiger partial charge in [0.1, 0.15) is 0 Å². The molecular weight excluding hydrogens is 244 g/mol. The van der Waals surface area contributed by atoms with Crippen LogP contribution in [0.2, 0.25) is 0 Å². The molecule has 2 unspecified atom stereocenters. The smallest absolute Gasteiger partial charge is 0.319 e. The molecule has 1 fully saturated rings. The summed E-state index contributed by atoms with van der Waals surface area (Å²) in [5, 5.41) is 9.27. The number of likely N-dealkylation sites (tertiary alicyclic amines) is 1. The third-order valence-corrected chi connectivity index (χ3v) is 4.09. The average Bonchev–Trinajstić information content (AvgIpc) is 2.37. The summed E-state index contributed by atoms with van der Waals surface area (Å²) in [6.07, 6.45) is 2.43. The van der Waals surface area contributed by atoms with Crippen LogP contribution in [0.25, 0.3) is 0 Å². The number of amides is 2. The summed E-state index contributed by atoms with van der Waals surface area (Å²) in [5.41, 5.74) is -0.800. The zero-order valence-corrected chi connectivity index (χ0v) is 12.5. The van der Waals surface area contributed by atoms with Gasteiger partial charge in [0.25, 0.3) is 0 Å². The van der Waals surface area contributed by atoms with Gasteiger partial charge in [0.2, 0.25) is 0 Å². The summed E-state index contributed by atoms with van der Waals surface area (Å²) in [6.45, 7) is 7.63. The minimum Gasteiger partial charge on any atom is -0.481 e. The Kier molecular flexibility index (Phi) is 5.20. The molecule has 0 aromatic rings. The molecule has 2 atom stereocenters. The van der Waals surface area contributed by atoms with E-state index in [0.29, 0.717) is 25.4 Å². The van der Waals surface area contributed by atoms with Gasteiger partial charge in [0, 0.05) is 26.7 Å². The van der Waals surface area contributed by atoms with Crippen molar-refractivity contribution in [3.8, 4) is 0 Å². The van der Waals surface area contributed by atoms with Crippen LogP contribution in [-0.4, -0.2) is 53.6 Å². The Bertz CT molecular complexity index is 346. The van der Waals surface area contributed by atoms with Crippen LogP contribution >= 0.6 is 0 Å². The number of nitrogens with zero attached hydrogens (tertiary/aromatic N) is 2. The Morgan fingerprint density at radius 1 is 1.47 bits per heavy atom. The first-order chi connectivity index (χ1) is 8.80. The number of carbonyl (C=O) groups is 2. The SMILES string of the molecule is CCC(C)CN(C)C(=O)N1CCCC(C)(C(=O)O)C1. The summed E-state index contributed by atoms with van der Waals surface area (Å²) < 4.78 is 0. The van der Waals surface area contributed by atoms with E-state index in [1.807, 2.05) is 0 Å². The lowest BCUT2D eigenvalue weighted by Gasteiger charge is -2.39. The molecular formula is C14H26N2O3. The summed E-state index contributed by atoms with van der Waals surface area (Å²) >= 11 is 0. The summed E-state index contributed by atoms with van der Waals surface area (Å²) in [6, 6.07) is -0.0486. The Hall–Kier alpha value is -1.26. The lowest BCUT2D eigenvalue weighted by Crippen LogP contribution is -2.52. The predicted octanol–water partition coefficient (Wildman–Crippen LogP) is 2.27. The number of hydrogen-bond donors (Lipinski definition) is 1. The molecule has 1 aliphatic heterocycles. The number of carboxylic acid groups (broad SMARTS) is 1. The van der Waals surface area contributed by atoms with Crippen LogP contribution in [-0.2, 0) is 4.79 Å². The summed E-state index contributed by atoms with van der Waals surface area (Å²) in [7, 11) is 1.79. The van der Waals surface area contributed by atoms with E-state index in [4.69, 9.17) is 0 Å². The van der Waals surface area contributed by atoms with Gasteiger partial charge in [-0.25, -0.2) is 4.79 Å². The quantitative estimate of drug-likeness (QED) is 0.852. The molecule has 0 aromatic heterocycles. The topological polar surface area (TPSA) is 60.9 Å². The molecule has 1 N–H and O–H groups in total. The predicted molar refractivity (Wildman–Crippen MR) is 74.0 cm³/mol. The van der Waals surface area contributed by atoms with Crippen LogP contribution in [0, 0.1) is 11.3 Å². The molecule has 2 amide bonds. The first kappa shape index (κ1) is 15.8. The molecule has 0 aromatic carbocycles. The van der Waals surface area contributed by atoms with Gasteiger partial charge >= 0.3 is 12.0 Å². The van der Waals surface area contributed by atoms with Gasteiger partial charge in [-0.2, -0.15) is 0 Å².